The van der Waals surface area contributed by atoms with Crippen molar-refractivity contribution in [1.29, 1.82) is 5.53 Å². The van der Waals surface area contributed by atoms with Gasteiger partial charge >= 0.3 is 0 Å². The van der Waals surface area contributed by atoms with E-state index < -0.39 is 12.3 Å². The number of amides is 1. The standard InChI is InChI=1S/C4H11N5O2/c5-3(9-6)4(7-1-10)8-2-11/h1,3-4,6,8,11H,2,5H2,(H,7,10). The van der Waals surface area contributed by atoms with Gasteiger partial charge < -0.3 is 16.2 Å². The van der Waals surface area contributed by atoms with Gasteiger partial charge in [-0.3, -0.25) is 10.1 Å². The van der Waals surface area contributed by atoms with Crippen LogP contribution in [0.4, 0.5) is 0 Å². The Kier molecular flexibility index (Phi) is 5.17. The van der Waals surface area contributed by atoms with Crippen molar-refractivity contribution >= 4 is 6.41 Å². The molecule has 0 aliphatic rings. The number of carbonyl (C=O) groups is 1. The minimum Gasteiger partial charge on any atom is -0.381 e. The van der Waals surface area contributed by atoms with Crippen LogP contribution >= 0.6 is 0 Å². The molecule has 11 heavy (non-hydrogen) atoms. The predicted octanol–water partition coefficient (Wildman–Crippen LogP) is -2.09. The molecule has 0 spiro atoms. The summed E-state index contributed by atoms with van der Waals surface area (Å²) in [4.78, 5) is 9.92. The Morgan fingerprint density at radius 1 is 1.82 bits per heavy atom. The van der Waals surface area contributed by atoms with Crippen molar-refractivity contribution in [2.24, 2.45) is 10.8 Å². The quantitative estimate of drug-likeness (QED) is 0.174. The lowest BCUT2D eigenvalue weighted by molar-refractivity contribution is -0.110. The van der Waals surface area contributed by atoms with Crippen molar-refractivity contribution in [1.82, 2.24) is 10.6 Å². The van der Waals surface area contributed by atoms with Crippen LogP contribution in [0.2, 0.25) is 0 Å². The number of nitrogens with one attached hydrogen (secondary N) is 3. The Labute approximate surface area is 63.5 Å². The summed E-state index contributed by atoms with van der Waals surface area (Å²) in [6.07, 6.45) is -1.17. The summed E-state index contributed by atoms with van der Waals surface area (Å²) in [6.45, 7) is -0.339. The third-order valence-corrected chi connectivity index (χ3v) is 1.05. The molecule has 0 heterocycles. The Bertz CT molecular complexity index is 130. The second-order valence-corrected chi connectivity index (χ2v) is 1.74. The van der Waals surface area contributed by atoms with Gasteiger partial charge in [0, 0.05) is 0 Å². The van der Waals surface area contributed by atoms with E-state index in [1.807, 2.05) is 0 Å². The van der Waals surface area contributed by atoms with Gasteiger partial charge in [0.25, 0.3) is 0 Å². The van der Waals surface area contributed by atoms with E-state index in [1.54, 1.807) is 0 Å². The van der Waals surface area contributed by atoms with Gasteiger partial charge in [0.1, 0.15) is 6.17 Å². The first-order chi connectivity index (χ1) is 5.26. The fourth-order valence-electron chi connectivity index (χ4n) is 0.524. The van der Waals surface area contributed by atoms with E-state index in [1.165, 1.54) is 0 Å². The smallest absolute Gasteiger partial charge is 0.208 e. The zero-order valence-electron chi connectivity index (χ0n) is 5.82. The summed E-state index contributed by atoms with van der Waals surface area (Å²) in [5.74, 6) is 0. The van der Waals surface area contributed by atoms with E-state index in [9.17, 15) is 4.79 Å². The largest absolute Gasteiger partial charge is 0.381 e. The highest BCUT2D eigenvalue weighted by Crippen LogP contribution is 1.85. The molecule has 7 heteroatoms. The van der Waals surface area contributed by atoms with Gasteiger partial charge in [0.15, 0.2) is 6.17 Å². The van der Waals surface area contributed by atoms with Crippen molar-refractivity contribution in [3.05, 3.63) is 0 Å². The number of nitrogens with two attached hydrogens (primary N) is 1. The molecule has 7 nitrogen and oxygen atoms in total. The molecule has 0 saturated heterocycles. The third kappa shape index (κ3) is 3.61. The highest BCUT2D eigenvalue weighted by atomic mass is 16.3. The summed E-state index contributed by atoms with van der Waals surface area (Å²) in [5.41, 5.74) is 11.8. The van der Waals surface area contributed by atoms with Crippen LogP contribution in [0.5, 0.6) is 0 Å². The Hall–Kier alpha value is -1.05. The van der Waals surface area contributed by atoms with Crippen LogP contribution in [0, 0.1) is 5.53 Å². The molecule has 0 fully saturated rings. The molecular formula is C4H11N5O2. The normalized spacial score (nSPS) is 15.1. The highest BCUT2D eigenvalue weighted by Gasteiger charge is 2.13. The maximum atomic E-state index is 9.92. The SMILES string of the molecule is N=NC(N)C(NC=O)NCO. The topological polar surface area (TPSA) is 124 Å². The van der Waals surface area contributed by atoms with Crippen LogP contribution < -0.4 is 16.4 Å². The molecule has 0 radical (unpaired) electrons. The minimum absolute atomic E-state index is 0.339. The first-order valence-corrected chi connectivity index (χ1v) is 2.92. The van der Waals surface area contributed by atoms with Crippen molar-refractivity contribution in [2.75, 3.05) is 6.73 Å². The molecule has 0 saturated carbocycles. The average molecular weight is 161 g/mol. The van der Waals surface area contributed by atoms with E-state index in [4.69, 9.17) is 16.4 Å². The van der Waals surface area contributed by atoms with Gasteiger partial charge in [-0.25, -0.2) is 5.53 Å². The molecule has 0 aromatic carbocycles. The summed E-state index contributed by atoms with van der Waals surface area (Å²) < 4.78 is 0. The molecule has 0 aliphatic heterocycles. The fraction of sp³-hybridized carbons (Fsp3) is 0.750. The molecule has 1 amide bonds. The van der Waals surface area contributed by atoms with Crippen LogP contribution in [0.1, 0.15) is 0 Å². The molecule has 6 N–H and O–H groups in total. The zero-order valence-corrected chi connectivity index (χ0v) is 5.82. The molecule has 0 aromatic heterocycles. The molecule has 0 bridgehead atoms. The molecule has 0 aromatic rings. The lowest BCUT2D eigenvalue weighted by atomic mass is 10.4. The number of hydrogen-bond acceptors (Lipinski definition) is 6. The van der Waals surface area contributed by atoms with Crippen molar-refractivity contribution in [2.45, 2.75) is 12.3 Å². The van der Waals surface area contributed by atoms with Gasteiger partial charge in [-0.2, -0.15) is 5.11 Å². The van der Waals surface area contributed by atoms with Crippen LogP contribution in [-0.2, 0) is 4.79 Å². The van der Waals surface area contributed by atoms with Gasteiger partial charge in [0.2, 0.25) is 6.41 Å². The predicted molar refractivity (Wildman–Crippen MR) is 36.3 cm³/mol. The van der Waals surface area contributed by atoms with Gasteiger partial charge in [-0.1, -0.05) is 0 Å². The summed E-state index contributed by atoms with van der Waals surface area (Å²) in [5, 5.41) is 16.0. The average Bonchev–Trinajstić information content (AvgIpc) is 2.03. The third-order valence-electron chi connectivity index (χ3n) is 1.05. The van der Waals surface area contributed by atoms with E-state index in [2.05, 4.69) is 15.7 Å². The van der Waals surface area contributed by atoms with Crippen LogP contribution in [-0.4, -0.2) is 30.6 Å². The van der Waals surface area contributed by atoms with Crippen LogP contribution in [0.25, 0.3) is 0 Å². The molecule has 0 rings (SSSR count). The fourth-order valence-corrected chi connectivity index (χ4v) is 0.524. The van der Waals surface area contributed by atoms with Gasteiger partial charge in [-0.05, 0) is 0 Å². The molecular weight excluding hydrogens is 150 g/mol. The monoisotopic (exact) mass is 161 g/mol. The number of rotatable bonds is 6. The Balaban J connectivity index is 3.84. The minimum atomic E-state index is -0.882. The highest BCUT2D eigenvalue weighted by molar-refractivity contribution is 5.46. The van der Waals surface area contributed by atoms with Crippen molar-refractivity contribution in [3.63, 3.8) is 0 Å². The first kappa shape index (κ1) is 9.95. The zero-order chi connectivity index (χ0) is 8.69. The van der Waals surface area contributed by atoms with Crippen LogP contribution in [0.3, 0.4) is 0 Å². The van der Waals surface area contributed by atoms with Crippen LogP contribution in [0.15, 0.2) is 5.11 Å². The lowest BCUT2D eigenvalue weighted by Crippen LogP contribution is -2.53. The second kappa shape index (κ2) is 5.71. The Morgan fingerprint density at radius 3 is 2.82 bits per heavy atom. The van der Waals surface area contributed by atoms with E-state index >= 15 is 0 Å². The van der Waals surface area contributed by atoms with Gasteiger partial charge in [0.05, 0.1) is 6.73 Å². The summed E-state index contributed by atoms with van der Waals surface area (Å²) in [6, 6.07) is 0. The van der Waals surface area contributed by atoms with E-state index in [0.717, 1.165) is 0 Å². The van der Waals surface area contributed by atoms with Crippen molar-refractivity contribution in [3.8, 4) is 0 Å². The maximum absolute atomic E-state index is 9.92. The van der Waals surface area contributed by atoms with E-state index in [0.29, 0.717) is 6.41 Å². The van der Waals surface area contributed by atoms with Crippen molar-refractivity contribution < 1.29 is 9.90 Å². The number of aliphatic hydroxyl groups excluding tert-OH is 1. The summed E-state index contributed by atoms with van der Waals surface area (Å²) >= 11 is 0. The number of aliphatic hydroxyl groups is 1. The Morgan fingerprint density at radius 2 is 2.45 bits per heavy atom. The number of hydrogen-bond donors (Lipinski definition) is 5. The number of carbonyl (C=O) groups excluding carboxylic acids is 1. The molecule has 64 valence electrons. The first-order valence-electron chi connectivity index (χ1n) is 2.92. The van der Waals surface area contributed by atoms with Gasteiger partial charge in [-0.15, -0.1) is 0 Å². The van der Waals surface area contributed by atoms with E-state index in [-0.39, 0.29) is 6.73 Å². The maximum Gasteiger partial charge on any atom is 0.208 e. The summed E-state index contributed by atoms with van der Waals surface area (Å²) in [7, 11) is 0. The molecule has 2 unspecified atom stereocenters. The molecule has 0 aliphatic carbocycles. The number of nitrogens with zero attached hydrogens (tertiary/aromatic N) is 1. The molecule has 2 atom stereocenters. The lowest BCUT2D eigenvalue weighted by Gasteiger charge is -2.18. The second-order valence-electron chi connectivity index (χ2n) is 1.74.